The molecule has 1 aromatic heterocycles. The quantitative estimate of drug-likeness (QED) is 0.849. The van der Waals surface area contributed by atoms with Crippen LogP contribution in [-0.2, 0) is 0 Å². The summed E-state index contributed by atoms with van der Waals surface area (Å²) in [6.45, 7) is 2.96. The molecule has 0 saturated carbocycles. The number of pyridine rings is 1. The van der Waals surface area contributed by atoms with E-state index in [1.165, 1.54) is 6.07 Å². The van der Waals surface area contributed by atoms with Crippen LogP contribution in [0.1, 0.15) is 13.3 Å². The van der Waals surface area contributed by atoms with Crippen molar-refractivity contribution < 1.29 is 4.39 Å². The zero-order valence-corrected chi connectivity index (χ0v) is 11.3. The first kappa shape index (κ1) is 13.6. The molecule has 0 aliphatic carbocycles. The normalized spacial score (nSPS) is 10.3. The molecular weight excluding hydrogens is 265 g/mol. The van der Waals surface area contributed by atoms with E-state index in [4.69, 9.17) is 11.6 Å². The fraction of sp³-hybridized carbons (Fsp3) is 0.214. The molecule has 0 aliphatic rings. The van der Waals surface area contributed by atoms with E-state index in [2.05, 4.69) is 22.5 Å². The maximum absolute atomic E-state index is 13.8. The Labute approximate surface area is 116 Å². The van der Waals surface area contributed by atoms with E-state index in [9.17, 15) is 4.39 Å². The first-order valence-corrected chi connectivity index (χ1v) is 6.48. The average molecular weight is 280 g/mol. The SMILES string of the molecule is CCCNc1cncc(Nc2cccc(Cl)c2F)c1. The number of nitrogens with zero attached hydrogens (tertiary/aromatic N) is 1. The number of benzene rings is 1. The van der Waals surface area contributed by atoms with Gasteiger partial charge < -0.3 is 10.6 Å². The lowest BCUT2D eigenvalue weighted by Gasteiger charge is -2.10. The monoisotopic (exact) mass is 279 g/mol. The average Bonchev–Trinajstić information content (AvgIpc) is 2.42. The van der Waals surface area contributed by atoms with Crippen molar-refractivity contribution in [2.75, 3.05) is 17.2 Å². The van der Waals surface area contributed by atoms with Crippen LogP contribution >= 0.6 is 11.6 Å². The van der Waals surface area contributed by atoms with Gasteiger partial charge in [-0.3, -0.25) is 4.98 Å². The molecule has 2 N–H and O–H groups in total. The summed E-state index contributed by atoms with van der Waals surface area (Å²) in [5.41, 5.74) is 1.94. The summed E-state index contributed by atoms with van der Waals surface area (Å²) in [5, 5.41) is 6.29. The van der Waals surface area contributed by atoms with Gasteiger partial charge in [-0.2, -0.15) is 0 Å². The molecule has 5 heteroatoms. The Kier molecular flexibility index (Phi) is 4.58. The lowest BCUT2D eigenvalue weighted by Crippen LogP contribution is -2.01. The molecular formula is C14H15ClFN3. The van der Waals surface area contributed by atoms with Gasteiger partial charge in [0.2, 0.25) is 0 Å². The molecule has 100 valence electrons. The highest BCUT2D eigenvalue weighted by Crippen LogP contribution is 2.25. The standard InChI is InChI=1S/C14H15ClFN3/c1-2-6-18-10-7-11(9-17-8-10)19-13-5-3-4-12(15)14(13)16/h3-5,7-9,18-19H,2,6H2,1H3. The van der Waals surface area contributed by atoms with Gasteiger partial charge in [-0.15, -0.1) is 0 Å². The van der Waals surface area contributed by atoms with Crippen molar-refractivity contribution in [3.05, 3.63) is 47.5 Å². The molecule has 0 aliphatic heterocycles. The Bertz CT molecular complexity index is 560. The van der Waals surface area contributed by atoms with Crippen LogP contribution in [0, 0.1) is 5.82 Å². The van der Waals surface area contributed by atoms with Crippen molar-refractivity contribution >= 4 is 28.7 Å². The molecule has 2 aromatic rings. The van der Waals surface area contributed by atoms with Crippen molar-refractivity contribution in [2.45, 2.75) is 13.3 Å². The molecule has 19 heavy (non-hydrogen) atoms. The summed E-state index contributed by atoms with van der Waals surface area (Å²) in [6.07, 6.45) is 4.40. The summed E-state index contributed by atoms with van der Waals surface area (Å²) in [5.74, 6) is -0.462. The lowest BCUT2D eigenvalue weighted by molar-refractivity contribution is 0.632. The van der Waals surface area contributed by atoms with Crippen molar-refractivity contribution in [3.8, 4) is 0 Å². The number of nitrogens with one attached hydrogen (secondary N) is 2. The van der Waals surface area contributed by atoms with E-state index in [1.54, 1.807) is 24.5 Å². The van der Waals surface area contributed by atoms with E-state index in [0.717, 1.165) is 18.7 Å². The highest BCUT2D eigenvalue weighted by molar-refractivity contribution is 6.31. The molecule has 0 bridgehead atoms. The number of hydrogen-bond acceptors (Lipinski definition) is 3. The molecule has 1 aromatic carbocycles. The van der Waals surface area contributed by atoms with Crippen LogP contribution in [0.2, 0.25) is 5.02 Å². The zero-order valence-electron chi connectivity index (χ0n) is 10.6. The fourth-order valence-electron chi connectivity index (χ4n) is 1.63. The zero-order chi connectivity index (χ0) is 13.7. The first-order chi connectivity index (χ1) is 9.20. The molecule has 0 radical (unpaired) electrons. The van der Waals surface area contributed by atoms with Crippen LogP contribution in [0.15, 0.2) is 36.7 Å². The molecule has 0 fully saturated rings. The Morgan fingerprint density at radius 1 is 1.26 bits per heavy atom. The smallest absolute Gasteiger partial charge is 0.165 e. The van der Waals surface area contributed by atoms with Gasteiger partial charge in [0.15, 0.2) is 5.82 Å². The van der Waals surface area contributed by atoms with Gasteiger partial charge in [-0.1, -0.05) is 24.6 Å². The second kappa shape index (κ2) is 6.38. The highest BCUT2D eigenvalue weighted by atomic mass is 35.5. The molecule has 2 rings (SSSR count). The number of aromatic nitrogens is 1. The third kappa shape index (κ3) is 3.58. The van der Waals surface area contributed by atoms with Gasteiger partial charge in [-0.25, -0.2) is 4.39 Å². The first-order valence-electron chi connectivity index (χ1n) is 6.10. The predicted molar refractivity (Wildman–Crippen MR) is 77.7 cm³/mol. The predicted octanol–water partition coefficient (Wildman–Crippen LogP) is 4.44. The van der Waals surface area contributed by atoms with Crippen LogP contribution in [0.3, 0.4) is 0 Å². The van der Waals surface area contributed by atoms with Crippen molar-refractivity contribution in [3.63, 3.8) is 0 Å². The van der Waals surface area contributed by atoms with Crippen LogP contribution in [0.25, 0.3) is 0 Å². The molecule has 0 atom stereocenters. The highest BCUT2D eigenvalue weighted by Gasteiger charge is 2.06. The third-order valence-corrected chi connectivity index (χ3v) is 2.84. The molecule has 0 spiro atoms. The number of anilines is 3. The second-order valence-electron chi connectivity index (χ2n) is 4.12. The van der Waals surface area contributed by atoms with E-state index in [-0.39, 0.29) is 5.02 Å². The van der Waals surface area contributed by atoms with E-state index >= 15 is 0 Å². The minimum absolute atomic E-state index is 0.0956. The Hall–Kier alpha value is -1.81. The largest absolute Gasteiger partial charge is 0.384 e. The van der Waals surface area contributed by atoms with Crippen molar-refractivity contribution in [1.82, 2.24) is 4.98 Å². The van der Waals surface area contributed by atoms with Crippen molar-refractivity contribution in [1.29, 1.82) is 0 Å². The summed E-state index contributed by atoms with van der Waals surface area (Å²) in [4.78, 5) is 4.11. The van der Waals surface area contributed by atoms with Crippen LogP contribution in [-0.4, -0.2) is 11.5 Å². The summed E-state index contributed by atoms with van der Waals surface area (Å²) >= 11 is 5.74. The Balaban J connectivity index is 2.16. The number of halogens is 2. The summed E-state index contributed by atoms with van der Waals surface area (Å²) < 4.78 is 13.8. The molecule has 0 amide bonds. The minimum atomic E-state index is -0.462. The van der Waals surface area contributed by atoms with Gasteiger partial charge in [0, 0.05) is 6.54 Å². The third-order valence-electron chi connectivity index (χ3n) is 2.55. The van der Waals surface area contributed by atoms with Crippen LogP contribution in [0.4, 0.5) is 21.5 Å². The van der Waals surface area contributed by atoms with Crippen LogP contribution < -0.4 is 10.6 Å². The molecule has 1 heterocycles. The van der Waals surface area contributed by atoms with Gasteiger partial charge >= 0.3 is 0 Å². The van der Waals surface area contributed by atoms with Crippen molar-refractivity contribution in [2.24, 2.45) is 0 Å². The number of rotatable bonds is 5. The van der Waals surface area contributed by atoms with E-state index in [0.29, 0.717) is 11.4 Å². The molecule has 0 saturated heterocycles. The molecule has 0 unspecified atom stereocenters. The lowest BCUT2D eigenvalue weighted by atomic mass is 10.3. The van der Waals surface area contributed by atoms with Gasteiger partial charge in [0.1, 0.15) is 0 Å². The van der Waals surface area contributed by atoms with E-state index in [1.807, 2.05) is 6.07 Å². The fourth-order valence-corrected chi connectivity index (χ4v) is 1.80. The van der Waals surface area contributed by atoms with Crippen LogP contribution in [0.5, 0.6) is 0 Å². The maximum Gasteiger partial charge on any atom is 0.165 e. The topological polar surface area (TPSA) is 37.0 Å². The van der Waals surface area contributed by atoms with Gasteiger partial charge in [-0.05, 0) is 24.6 Å². The molecule has 3 nitrogen and oxygen atoms in total. The number of hydrogen-bond donors (Lipinski definition) is 2. The Morgan fingerprint density at radius 3 is 2.84 bits per heavy atom. The summed E-state index contributed by atoms with van der Waals surface area (Å²) in [6, 6.07) is 6.72. The van der Waals surface area contributed by atoms with Gasteiger partial charge in [0.05, 0.1) is 34.5 Å². The maximum atomic E-state index is 13.8. The second-order valence-corrected chi connectivity index (χ2v) is 4.52. The van der Waals surface area contributed by atoms with Gasteiger partial charge in [0.25, 0.3) is 0 Å². The van der Waals surface area contributed by atoms with E-state index < -0.39 is 5.82 Å². The summed E-state index contributed by atoms with van der Waals surface area (Å²) in [7, 11) is 0. The Morgan fingerprint density at radius 2 is 2.05 bits per heavy atom. The minimum Gasteiger partial charge on any atom is -0.384 e.